The van der Waals surface area contributed by atoms with Crippen molar-refractivity contribution in [3.63, 3.8) is 0 Å². The van der Waals surface area contributed by atoms with Gasteiger partial charge in [0.15, 0.2) is 0 Å². The van der Waals surface area contributed by atoms with Gasteiger partial charge in [0.2, 0.25) is 5.91 Å². The molecule has 0 saturated carbocycles. The number of H-pyrrole nitrogens is 1. The standard InChI is InChI=1S/C23H24N4O3/c28-21(17-27-23(30)20-11-5-4-10-19(20)22(29)24-27)26-15-13-25(14-16-26)12-6-9-18-7-2-1-3-8-18/h1-11H,12-17H2,(H,24,29)/p+1/b9-6+. The number of amides is 1. The molecule has 0 unspecified atom stereocenters. The fourth-order valence-electron chi connectivity index (χ4n) is 3.80. The summed E-state index contributed by atoms with van der Waals surface area (Å²) < 4.78 is 1.12. The van der Waals surface area contributed by atoms with Gasteiger partial charge in [0.25, 0.3) is 11.1 Å². The molecule has 0 aliphatic carbocycles. The fourth-order valence-corrected chi connectivity index (χ4v) is 3.80. The zero-order chi connectivity index (χ0) is 20.9. The summed E-state index contributed by atoms with van der Waals surface area (Å²) in [4.78, 5) is 40.7. The summed E-state index contributed by atoms with van der Waals surface area (Å²) in [5.74, 6) is -0.151. The van der Waals surface area contributed by atoms with Crippen LogP contribution in [0.25, 0.3) is 16.8 Å². The van der Waals surface area contributed by atoms with Crippen LogP contribution in [0.1, 0.15) is 5.56 Å². The molecule has 7 nitrogen and oxygen atoms in total. The zero-order valence-corrected chi connectivity index (χ0v) is 16.7. The largest absolute Gasteiger partial charge is 0.330 e. The van der Waals surface area contributed by atoms with Gasteiger partial charge in [-0.3, -0.25) is 19.5 Å². The number of aromatic nitrogens is 2. The minimum atomic E-state index is -0.363. The summed E-state index contributed by atoms with van der Waals surface area (Å²) in [5, 5.41) is 3.19. The summed E-state index contributed by atoms with van der Waals surface area (Å²) in [6.45, 7) is 3.75. The third kappa shape index (κ3) is 4.41. The lowest BCUT2D eigenvalue weighted by molar-refractivity contribution is -0.898. The lowest BCUT2D eigenvalue weighted by Crippen LogP contribution is -3.14. The maximum Gasteiger partial charge on any atom is 0.273 e. The van der Waals surface area contributed by atoms with E-state index in [2.05, 4.69) is 29.4 Å². The molecule has 1 aliphatic heterocycles. The molecule has 2 aromatic carbocycles. The number of quaternary nitrogens is 1. The first kappa shape index (κ1) is 19.8. The van der Waals surface area contributed by atoms with Crippen LogP contribution in [-0.2, 0) is 11.3 Å². The van der Waals surface area contributed by atoms with Gasteiger partial charge < -0.3 is 9.80 Å². The molecule has 1 saturated heterocycles. The summed E-state index contributed by atoms with van der Waals surface area (Å²) in [6.07, 6.45) is 4.29. The number of piperazine rings is 1. The van der Waals surface area contributed by atoms with Crippen molar-refractivity contribution in [2.75, 3.05) is 32.7 Å². The average molecular weight is 405 g/mol. The Hall–Kier alpha value is -3.45. The number of nitrogens with zero attached hydrogens (tertiary/aromatic N) is 2. The Labute approximate surface area is 173 Å². The van der Waals surface area contributed by atoms with Crippen LogP contribution in [0.3, 0.4) is 0 Å². The Morgan fingerprint density at radius 2 is 1.63 bits per heavy atom. The maximum absolute atomic E-state index is 12.7. The first-order chi connectivity index (χ1) is 14.6. The van der Waals surface area contributed by atoms with Gasteiger partial charge in [-0.25, -0.2) is 4.68 Å². The Morgan fingerprint density at radius 1 is 0.967 bits per heavy atom. The van der Waals surface area contributed by atoms with Crippen molar-refractivity contribution >= 4 is 22.8 Å². The minimum absolute atomic E-state index is 0.151. The first-order valence-corrected chi connectivity index (χ1v) is 10.2. The van der Waals surface area contributed by atoms with E-state index >= 15 is 0 Å². The smallest absolute Gasteiger partial charge is 0.273 e. The topological polar surface area (TPSA) is 79.6 Å². The van der Waals surface area contributed by atoms with Crippen molar-refractivity contribution in [1.82, 2.24) is 14.7 Å². The highest BCUT2D eigenvalue weighted by atomic mass is 16.2. The molecule has 0 atom stereocenters. The average Bonchev–Trinajstić information content (AvgIpc) is 2.78. The van der Waals surface area contributed by atoms with Crippen LogP contribution in [0, 0.1) is 0 Å². The minimum Gasteiger partial charge on any atom is -0.330 e. The first-order valence-electron chi connectivity index (χ1n) is 10.2. The van der Waals surface area contributed by atoms with Gasteiger partial charge >= 0.3 is 0 Å². The highest BCUT2D eigenvalue weighted by Crippen LogP contribution is 2.03. The van der Waals surface area contributed by atoms with Gasteiger partial charge in [-0.05, 0) is 23.8 Å². The molecular formula is C23H25N4O3+. The summed E-state index contributed by atoms with van der Waals surface area (Å²) in [7, 11) is 0. The van der Waals surface area contributed by atoms with Gasteiger partial charge in [-0.1, -0.05) is 48.5 Å². The number of fused-ring (bicyclic) bond motifs is 1. The van der Waals surface area contributed by atoms with Crippen molar-refractivity contribution in [1.29, 1.82) is 0 Å². The monoisotopic (exact) mass is 405 g/mol. The summed E-state index contributed by atoms with van der Waals surface area (Å²) in [6, 6.07) is 16.8. The number of carbonyl (C=O) groups excluding carboxylic acids is 1. The third-order valence-corrected chi connectivity index (χ3v) is 5.52. The van der Waals surface area contributed by atoms with E-state index < -0.39 is 0 Å². The molecule has 0 radical (unpaired) electrons. The van der Waals surface area contributed by atoms with E-state index in [1.54, 1.807) is 29.2 Å². The van der Waals surface area contributed by atoms with Gasteiger partial charge in [-0.2, -0.15) is 0 Å². The van der Waals surface area contributed by atoms with Gasteiger partial charge in [0.05, 0.1) is 43.5 Å². The van der Waals surface area contributed by atoms with Crippen LogP contribution in [0.4, 0.5) is 0 Å². The van der Waals surface area contributed by atoms with Crippen LogP contribution in [0.2, 0.25) is 0 Å². The molecule has 0 bridgehead atoms. The molecule has 2 heterocycles. The second-order valence-electron chi connectivity index (χ2n) is 7.53. The predicted molar refractivity (Wildman–Crippen MR) is 116 cm³/mol. The van der Waals surface area contributed by atoms with Gasteiger partial charge in [-0.15, -0.1) is 0 Å². The second-order valence-corrected chi connectivity index (χ2v) is 7.53. The molecule has 2 N–H and O–H groups in total. The van der Waals surface area contributed by atoms with Crippen LogP contribution in [0.5, 0.6) is 0 Å². The van der Waals surface area contributed by atoms with E-state index in [1.807, 2.05) is 18.2 Å². The molecule has 1 fully saturated rings. The molecule has 3 aromatic rings. The van der Waals surface area contributed by atoms with E-state index in [4.69, 9.17) is 0 Å². The van der Waals surface area contributed by atoms with Crippen molar-refractivity contribution in [3.05, 3.63) is 86.9 Å². The molecule has 1 amide bonds. The molecule has 154 valence electrons. The number of carbonyl (C=O) groups is 1. The highest BCUT2D eigenvalue weighted by Gasteiger charge is 2.23. The zero-order valence-electron chi connectivity index (χ0n) is 16.7. The number of hydrogen-bond acceptors (Lipinski definition) is 3. The van der Waals surface area contributed by atoms with E-state index in [-0.39, 0.29) is 23.6 Å². The third-order valence-electron chi connectivity index (χ3n) is 5.52. The Kier molecular flexibility index (Phi) is 5.90. The van der Waals surface area contributed by atoms with Gasteiger partial charge in [0.1, 0.15) is 6.54 Å². The van der Waals surface area contributed by atoms with E-state index in [0.717, 1.165) is 24.3 Å². The second kappa shape index (κ2) is 8.92. The van der Waals surface area contributed by atoms with Crippen LogP contribution in [0.15, 0.2) is 70.3 Å². The van der Waals surface area contributed by atoms with Crippen LogP contribution in [-0.4, -0.2) is 53.3 Å². The van der Waals surface area contributed by atoms with Crippen molar-refractivity contribution in [2.24, 2.45) is 0 Å². The molecule has 7 heteroatoms. The van der Waals surface area contributed by atoms with Crippen LogP contribution < -0.4 is 16.0 Å². The fraction of sp³-hybridized carbons (Fsp3) is 0.261. The number of aromatic amines is 1. The van der Waals surface area contributed by atoms with E-state index in [0.29, 0.717) is 23.9 Å². The lowest BCUT2D eigenvalue weighted by Gasteiger charge is -2.31. The van der Waals surface area contributed by atoms with E-state index in [9.17, 15) is 14.4 Å². The maximum atomic E-state index is 12.7. The normalized spacial score (nSPS) is 15.1. The van der Waals surface area contributed by atoms with Crippen molar-refractivity contribution in [2.45, 2.75) is 6.54 Å². The molecule has 1 aromatic heterocycles. The SMILES string of the molecule is O=C(Cn1[nH]c(=O)c2ccccc2c1=O)N1CC[NH+](C/C=C/c2ccccc2)CC1. The number of nitrogens with one attached hydrogen (secondary N) is 2. The predicted octanol–water partition coefficient (Wildman–Crippen LogP) is 0.130. The van der Waals surface area contributed by atoms with Crippen molar-refractivity contribution < 1.29 is 9.69 Å². The molecule has 30 heavy (non-hydrogen) atoms. The Morgan fingerprint density at radius 3 is 2.37 bits per heavy atom. The number of benzene rings is 2. The molecule has 1 aliphatic rings. The van der Waals surface area contributed by atoms with Crippen molar-refractivity contribution in [3.8, 4) is 0 Å². The molecule has 0 spiro atoms. The number of rotatable bonds is 5. The van der Waals surface area contributed by atoms with Gasteiger partial charge in [0, 0.05) is 0 Å². The summed E-state index contributed by atoms with van der Waals surface area (Å²) >= 11 is 0. The number of hydrogen-bond donors (Lipinski definition) is 2. The van der Waals surface area contributed by atoms with Crippen LogP contribution >= 0.6 is 0 Å². The Bertz CT molecular complexity index is 1170. The highest BCUT2D eigenvalue weighted by molar-refractivity contribution is 5.81. The van der Waals surface area contributed by atoms with E-state index in [1.165, 1.54) is 10.5 Å². The quantitative estimate of drug-likeness (QED) is 0.633. The lowest BCUT2D eigenvalue weighted by atomic mass is 10.2. The summed E-state index contributed by atoms with van der Waals surface area (Å²) in [5.41, 5.74) is 0.465. The Balaban J connectivity index is 1.34. The molecule has 4 rings (SSSR count). The molecular weight excluding hydrogens is 380 g/mol.